The molecule has 5 heteroatoms. The maximum atomic E-state index is 11.0. The fourth-order valence-electron chi connectivity index (χ4n) is 1.83. The number of nitrogens with one attached hydrogen (secondary N) is 2. The lowest BCUT2D eigenvalue weighted by Crippen LogP contribution is -2.28. The van der Waals surface area contributed by atoms with Crippen LogP contribution in [0.3, 0.4) is 0 Å². The highest BCUT2D eigenvalue weighted by atomic mass is 16.4. The first kappa shape index (κ1) is 13.5. The molecule has 5 nitrogen and oxygen atoms in total. The molecular formula is C14H19N3O2. The van der Waals surface area contributed by atoms with Crippen LogP contribution >= 0.6 is 0 Å². The van der Waals surface area contributed by atoms with Gasteiger partial charge in [0.25, 0.3) is 0 Å². The number of carbonyl (C=O) groups is 1. The van der Waals surface area contributed by atoms with Gasteiger partial charge in [-0.2, -0.15) is 0 Å². The summed E-state index contributed by atoms with van der Waals surface area (Å²) < 4.78 is 0. The van der Waals surface area contributed by atoms with Gasteiger partial charge in [-0.3, -0.25) is 4.79 Å². The van der Waals surface area contributed by atoms with Crippen molar-refractivity contribution in [2.75, 3.05) is 6.54 Å². The van der Waals surface area contributed by atoms with Crippen molar-refractivity contribution in [1.29, 1.82) is 0 Å². The Labute approximate surface area is 112 Å². The zero-order valence-corrected chi connectivity index (χ0v) is 11.2. The number of carboxylic acid groups (broad SMARTS) is 1. The van der Waals surface area contributed by atoms with E-state index in [2.05, 4.69) is 21.4 Å². The normalized spacial score (nSPS) is 11.9. The van der Waals surface area contributed by atoms with Gasteiger partial charge < -0.3 is 15.4 Å². The molecule has 0 aliphatic rings. The highest BCUT2D eigenvalue weighted by Crippen LogP contribution is 2.19. The zero-order chi connectivity index (χ0) is 13.9. The van der Waals surface area contributed by atoms with Gasteiger partial charge in [-0.25, -0.2) is 4.98 Å². The van der Waals surface area contributed by atoms with Gasteiger partial charge in [0.05, 0.1) is 22.8 Å². The van der Waals surface area contributed by atoms with Crippen molar-refractivity contribution >= 4 is 17.0 Å². The van der Waals surface area contributed by atoms with Gasteiger partial charge in [-0.1, -0.05) is 6.07 Å². The second-order valence-electron chi connectivity index (χ2n) is 5.37. The molecule has 2 aromatic rings. The van der Waals surface area contributed by atoms with Crippen LogP contribution in [0.5, 0.6) is 0 Å². The Balaban J connectivity index is 1.84. The quantitative estimate of drug-likeness (QED) is 0.696. The number of fused-ring (bicyclic) bond motifs is 1. The molecule has 0 aliphatic heterocycles. The number of H-pyrrole nitrogens is 1. The zero-order valence-electron chi connectivity index (χ0n) is 11.2. The Morgan fingerprint density at radius 1 is 1.47 bits per heavy atom. The van der Waals surface area contributed by atoms with Crippen molar-refractivity contribution in [2.45, 2.75) is 26.8 Å². The van der Waals surface area contributed by atoms with E-state index in [1.807, 2.05) is 12.1 Å². The highest BCUT2D eigenvalue weighted by molar-refractivity contribution is 5.75. The Morgan fingerprint density at radius 3 is 3.00 bits per heavy atom. The minimum Gasteiger partial charge on any atom is -0.481 e. The topological polar surface area (TPSA) is 78.0 Å². The maximum Gasteiger partial charge on any atom is 0.309 e. The number of hydrogen-bond donors (Lipinski definition) is 3. The fourth-order valence-corrected chi connectivity index (χ4v) is 1.83. The van der Waals surface area contributed by atoms with Crippen molar-refractivity contribution < 1.29 is 9.90 Å². The van der Waals surface area contributed by atoms with Crippen molar-refractivity contribution in [3.63, 3.8) is 0 Å². The molecule has 1 aromatic heterocycles. The third kappa shape index (κ3) is 3.32. The second kappa shape index (κ2) is 5.40. The molecule has 0 saturated heterocycles. The molecule has 1 aromatic carbocycles. The Kier molecular flexibility index (Phi) is 3.85. The molecule has 19 heavy (non-hydrogen) atoms. The van der Waals surface area contributed by atoms with Crippen LogP contribution in [0.25, 0.3) is 11.0 Å². The van der Waals surface area contributed by atoms with Gasteiger partial charge >= 0.3 is 5.97 Å². The number of rotatable bonds is 6. The van der Waals surface area contributed by atoms with Crippen LogP contribution in [-0.2, 0) is 11.3 Å². The van der Waals surface area contributed by atoms with Crippen molar-refractivity contribution in [3.05, 3.63) is 30.1 Å². The van der Waals surface area contributed by atoms with Crippen molar-refractivity contribution in [3.8, 4) is 0 Å². The molecule has 0 bridgehead atoms. The monoisotopic (exact) mass is 261 g/mol. The summed E-state index contributed by atoms with van der Waals surface area (Å²) in [6, 6.07) is 6.06. The van der Waals surface area contributed by atoms with Crippen molar-refractivity contribution in [1.82, 2.24) is 15.3 Å². The number of benzene rings is 1. The highest BCUT2D eigenvalue weighted by Gasteiger charge is 2.25. The van der Waals surface area contributed by atoms with Crippen LogP contribution in [0.15, 0.2) is 24.5 Å². The van der Waals surface area contributed by atoms with Gasteiger partial charge in [-0.15, -0.1) is 0 Å². The average molecular weight is 261 g/mol. The van der Waals surface area contributed by atoms with Crippen LogP contribution in [0.1, 0.15) is 25.8 Å². The third-order valence-electron chi connectivity index (χ3n) is 3.32. The Hall–Kier alpha value is -1.88. The number of nitrogens with zero attached hydrogens (tertiary/aromatic N) is 1. The lowest BCUT2D eigenvalue weighted by Gasteiger charge is -2.18. The average Bonchev–Trinajstić information content (AvgIpc) is 2.81. The molecule has 0 unspecified atom stereocenters. The molecule has 3 N–H and O–H groups in total. The van der Waals surface area contributed by atoms with E-state index in [1.54, 1.807) is 20.2 Å². The second-order valence-corrected chi connectivity index (χ2v) is 5.37. The summed E-state index contributed by atoms with van der Waals surface area (Å²) in [4.78, 5) is 18.2. The molecular weight excluding hydrogens is 242 g/mol. The van der Waals surface area contributed by atoms with Crippen LogP contribution in [-0.4, -0.2) is 27.6 Å². The van der Waals surface area contributed by atoms with Gasteiger partial charge in [0, 0.05) is 6.54 Å². The van der Waals surface area contributed by atoms with Crippen LogP contribution in [0, 0.1) is 5.41 Å². The summed E-state index contributed by atoms with van der Waals surface area (Å²) in [6.07, 6.45) is 2.28. The Bertz CT molecular complexity index is 575. The maximum absolute atomic E-state index is 11.0. The molecule has 0 aliphatic carbocycles. The summed E-state index contributed by atoms with van der Waals surface area (Å²) in [5, 5.41) is 12.3. The number of aromatic nitrogens is 2. The number of carboxylic acids is 1. The van der Waals surface area contributed by atoms with Crippen LogP contribution in [0.2, 0.25) is 0 Å². The largest absolute Gasteiger partial charge is 0.481 e. The molecule has 0 fully saturated rings. The number of aromatic amines is 1. The summed E-state index contributed by atoms with van der Waals surface area (Å²) >= 11 is 0. The molecule has 0 radical (unpaired) electrons. The van der Waals surface area contributed by atoms with E-state index in [4.69, 9.17) is 5.11 Å². The van der Waals surface area contributed by atoms with E-state index in [0.29, 0.717) is 13.0 Å². The van der Waals surface area contributed by atoms with Gasteiger partial charge in [0.15, 0.2) is 0 Å². The molecule has 0 amide bonds. The van der Waals surface area contributed by atoms with Gasteiger partial charge in [0.2, 0.25) is 0 Å². The predicted octanol–water partition coefficient (Wildman–Crippen LogP) is 2.15. The van der Waals surface area contributed by atoms with E-state index >= 15 is 0 Å². The van der Waals surface area contributed by atoms with E-state index in [-0.39, 0.29) is 0 Å². The molecule has 0 saturated carbocycles. The van der Waals surface area contributed by atoms with Gasteiger partial charge in [0.1, 0.15) is 0 Å². The van der Waals surface area contributed by atoms with E-state index < -0.39 is 11.4 Å². The van der Waals surface area contributed by atoms with E-state index in [9.17, 15) is 4.79 Å². The molecule has 0 atom stereocenters. The summed E-state index contributed by atoms with van der Waals surface area (Å²) in [5.41, 5.74) is 2.45. The number of hydrogen-bond acceptors (Lipinski definition) is 3. The minimum atomic E-state index is -0.756. The SMILES string of the molecule is CC(C)(CCNCc1ccc2nc[nH]c2c1)C(=O)O. The van der Waals surface area contributed by atoms with Gasteiger partial charge in [-0.05, 0) is 44.5 Å². The first-order valence-corrected chi connectivity index (χ1v) is 6.35. The molecule has 0 spiro atoms. The summed E-state index contributed by atoms with van der Waals surface area (Å²) in [5.74, 6) is -0.756. The van der Waals surface area contributed by atoms with Crippen LogP contribution < -0.4 is 5.32 Å². The summed E-state index contributed by atoms with van der Waals surface area (Å²) in [7, 11) is 0. The first-order chi connectivity index (χ1) is 8.99. The minimum absolute atomic E-state index is 0.606. The van der Waals surface area contributed by atoms with Crippen LogP contribution in [0.4, 0.5) is 0 Å². The lowest BCUT2D eigenvalue weighted by atomic mass is 9.90. The molecule has 102 valence electrons. The lowest BCUT2D eigenvalue weighted by molar-refractivity contribution is -0.147. The molecule has 1 heterocycles. The number of imidazole rings is 1. The summed E-state index contributed by atoms with van der Waals surface area (Å²) in [6.45, 7) is 4.90. The fraction of sp³-hybridized carbons (Fsp3) is 0.429. The smallest absolute Gasteiger partial charge is 0.309 e. The standard InChI is InChI=1S/C14H19N3O2/c1-14(2,13(18)19)5-6-15-8-10-3-4-11-12(7-10)17-9-16-11/h3-4,7,9,15H,5-6,8H2,1-2H3,(H,16,17)(H,18,19). The third-order valence-corrected chi connectivity index (χ3v) is 3.32. The van der Waals surface area contributed by atoms with E-state index in [1.165, 1.54) is 0 Å². The van der Waals surface area contributed by atoms with Crippen molar-refractivity contribution in [2.24, 2.45) is 5.41 Å². The number of aliphatic carboxylic acids is 1. The molecule has 2 rings (SSSR count). The first-order valence-electron chi connectivity index (χ1n) is 6.35. The predicted molar refractivity (Wildman–Crippen MR) is 73.8 cm³/mol. The van der Waals surface area contributed by atoms with E-state index in [0.717, 1.165) is 23.1 Å². The Morgan fingerprint density at radius 2 is 2.26 bits per heavy atom.